The Morgan fingerprint density at radius 1 is 1.43 bits per heavy atom. The number of hydrazone groups is 1. The number of rotatable bonds is 6. The third kappa shape index (κ3) is 4.46. The van der Waals surface area contributed by atoms with Gasteiger partial charge in [0.25, 0.3) is 5.56 Å². The minimum Gasteiger partial charge on any atom is -0.493 e. The summed E-state index contributed by atoms with van der Waals surface area (Å²) in [6.45, 7) is 4.07. The van der Waals surface area contributed by atoms with Crippen LogP contribution in [0.1, 0.15) is 18.2 Å². The average Bonchev–Trinajstić information content (AvgIpc) is 2.48. The number of aromatic nitrogens is 2. The van der Waals surface area contributed by atoms with Crippen molar-refractivity contribution < 1.29 is 9.47 Å². The number of ether oxygens (including phenoxy) is 2. The van der Waals surface area contributed by atoms with E-state index in [0.717, 1.165) is 0 Å². The summed E-state index contributed by atoms with van der Waals surface area (Å²) >= 11 is 6.18. The molecule has 2 aromatic rings. The highest BCUT2D eigenvalue weighted by Gasteiger charge is 2.10. The maximum Gasteiger partial charge on any atom is 0.252 e. The van der Waals surface area contributed by atoms with Gasteiger partial charge < -0.3 is 9.47 Å². The SMILES string of the molecule is CCOc1c(Cl)cc(/C=N\Nc2nc(C)cc(=O)[nH]2)cc1OC. The molecule has 0 spiro atoms. The Morgan fingerprint density at radius 2 is 2.22 bits per heavy atom. The Balaban J connectivity index is 2.19. The minimum atomic E-state index is -0.249. The van der Waals surface area contributed by atoms with Crippen LogP contribution in [0, 0.1) is 6.92 Å². The number of nitrogens with one attached hydrogen (secondary N) is 2. The lowest BCUT2D eigenvalue weighted by atomic mass is 10.2. The third-order valence-corrected chi connectivity index (χ3v) is 3.08. The Kier molecular flexibility index (Phi) is 5.59. The number of aryl methyl sites for hydroxylation is 1. The van der Waals surface area contributed by atoms with E-state index in [9.17, 15) is 4.79 Å². The number of nitrogens with zero attached hydrogens (tertiary/aromatic N) is 2. The Morgan fingerprint density at radius 3 is 2.87 bits per heavy atom. The van der Waals surface area contributed by atoms with E-state index in [2.05, 4.69) is 20.5 Å². The molecule has 1 heterocycles. The molecule has 1 aromatic carbocycles. The summed E-state index contributed by atoms with van der Waals surface area (Å²) in [5.74, 6) is 1.27. The predicted octanol–water partition coefficient (Wildman–Crippen LogP) is 2.59. The molecule has 23 heavy (non-hydrogen) atoms. The summed E-state index contributed by atoms with van der Waals surface area (Å²) in [6.07, 6.45) is 1.53. The van der Waals surface area contributed by atoms with E-state index < -0.39 is 0 Å². The van der Waals surface area contributed by atoms with Crippen molar-refractivity contribution in [3.63, 3.8) is 0 Å². The Labute approximate surface area is 138 Å². The number of halogens is 1. The fourth-order valence-electron chi connectivity index (χ4n) is 1.90. The van der Waals surface area contributed by atoms with Crippen LogP contribution in [0.3, 0.4) is 0 Å². The lowest BCUT2D eigenvalue weighted by Crippen LogP contribution is -2.10. The van der Waals surface area contributed by atoms with Crippen molar-refractivity contribution in [3.05, 3.63) is 44.8 Å². The number of methoxy groups -OCH3 is 1. The van der Waals surface area contributed by atoms with Gasteiger partial charge in [-0.25, -0.2) is 10.4 Å². The molecule has 1 aromatic heterocycles. The molecule has 0 aliphatic rings. The van der Waals surface area contributed by atoms with Gasteiger partial charge in [0.15, 0.2) is 11.5 Å². The highest BCUT2D eigenvalue weighted by Crippen LogP contribution is 2.35. The monoisotopic (exact) mass is 336 g/mol. The molecule has 0 saturated carbocycles. The second kappa shape index (κ2) is 7.64. The topological polar surface area (TPSA) is 88.6 Å². The zero-order valence-corrected chi connectivity index (χ0v) is 13.8. The molecule has 7 nitrogen and oxygen atoms in total. The molecule has 0 bridgehead atoms. The van der Waals surface area contributed by atoms with Gasteiger partial charge >= 0.3 is 0 Å². The van der Waals surface area contributed by atoms with Gasteiger partial charge in [0.1, 0.15) is 0 Å². The summed E-state index contributed by atoms with van der Waals surface area (Å²) in [6, 6.07) is 4.84. The molecular weight excluding hydrogens is 320 g/mol. The number of hydrogen-bond acceptors (Lipinski definition) is 6. The van der Waals surface area contributed by atoms with E-state index in [1.165, 1.54) is 19.4 Å². The molecule has 0 saturated heterocycles. The first-order valence-electron chi connectivity index (χ1n) is 6.91. The van der Waals surface area contributed by atoms with Crippen molar-refractivity contribution in [2.75, 3.05) is 19.1 Å². The number of benzene rings is 1. The zero-order chi connectivity index (χ0) is 16.8. The van der Waals surface area contributed by atoms with Gasteiger partial charge in [-0.05, 0) is 31.5 Å². The van der Waals surface area contributed by atoms with Crippen LogP contribution in [0.25, 0.3) is 0 Å². The molecule has 0 radical (unpaired) electrons. The van der Waals surface area contributed by atoms with E-state index >= 15 is 0 Å². The first kappa shape index (κ1) is 16.8. The van der Waals surface area contributed by atoms with Gasteiger partial charge in [-0.2, -0.15) is 5.10 Å². The summed E-state index contributed by atoms with van der Waals surface area (Å²) in [7, 11) is 1.54. The molecule has 122 valence electrons. The zero-order valence-electron chi connectivity index (χ0n) is 13.0. The first-order chi connectivity index (χ1) is 11.0. The largest absolute Gasteiger partial charge is 0.493 e. The molecule has 2 N–H and O–H groups in total. The molecule has 2 rings (SSSR count). The van der Waals surface area contributed by atoms with Crippen LogP contribution >= 0.6 is 11.6 Å². The van der Waals surface area contributed by atoms with Crippen LogP contribution in [0.15, 0.2) is 28.1 Å². The van der Waals surface area contributed by atoms with Crippen LogP contribution in [0.4, 0.5) is 5.95 Å². The van der Waals surface area contributed by atoms with E-state index in [1.807, 2.05) is 6.92 Å². The summed E-state index contributed by atoms with van der Waals surface area (Å²) < 4.78 is 10.7. The Hall–Kier alpha value is -2.54. The molecular formula is C15H17ClN4O3. The third-order valence-electron chi connectivity index (χ3n) is 2.79. The maximum absolute atomic E-state index is 11.3. The Bertz CT molecular complexity index is 774. The van der Waals surface area contributed by atoms with Gasteiger partial charge in [-0.3, -0.25) is 9.78 Å². The quantitative estimate of drug-likeness (QED) is 0.625. The van der Waals surface area contributed by atoms with Crippen molar-refractivity contribution in [3.8, 4) is 11.5 Å². The predicted molar refractivity (Wildman–Crippen MR) is 90.0 cm³/mol. The van der Waals surface area contributed by atoms with Crippen LogP contribution in [0.2, 0.25) is 5.02 Å². The number of anilines is 1. The molecule has 0 atom stereocenters. The van der Waals surface area contributed by atoms with Gasteiger partial charge in [-0.1, -0.05) is 11.6 Å². The minimum absolute atomic E-state index is 0.249. The smallest absolute Gasteiger partial charge is 0.252 e. The van der Waals surface area contributed by atoms with Crippen LogP contribution in [-0.4, -0.2) is 29.9 Å². The highest BCUT2D eigenvalue weighted by molar-refractivity contribution is 6.32. The van der Waals surface area contributed by atoms with Crippen molar-refractivity contribution >= 4 is 23.8 Å². The van der Waals surface area contributed by atoms with Gasteiger partial charge in [-0.15, -0.1) is 0 Å². The molecule has 0 aliphatic carbocycles. The van der Waals surface area contributed by atoms with Crippen molar-refractivity contribution in [2.45, 2.75) is 13.8 Å². The van der Waals surface area contributed by atoms with E-state index in [4.69, 9.17) is 21.1 Å². The fraction of sp³-hybridized carbons (Fsp3) is 0.267. The van der Waals surface area contributed by atoms with Gasteiger partial charge in [0.05, 0.1) is 25.0 Å². The van der Waals surface area contributed by atoms with E-state index in [0.29, 0.717) is 34.4 Å². The standard InChI is InChI=1S/C15H17ClN4O3/c1-4-23-14-11(16)6-10(7-12(14)22-3)8-17-20-15-18-9(2)5-13(21)19-15/h5-8H,4H2,1-3H3,(H2,18,19,20,21)/b17-8-. The van der Waals surface area contributed by atoms with E-state index in [1.54, 1.807) is 19.1 Å². The molecule has 0 aliphatic heterocycles. The van der Waals surface area contributed by atoms with Crippen LogP contribution in [-0.2, 0) is 0 Å². The lowest BCUT2D eigenvalue weighted by molar-refractivity contribution is 0.311. The summed E-state index contributed by atoms with van der Waals surface area (Å²) in [5.41, 5.74) is 3.71. The average molecular weight is 337 g/mol. The van der Waals surface area contributed by atoms with Gasteiger partial charge in [0.2, 0.25) is 5.95 Å². The fourth-order valence-corrected chi connectivity index (χ4v) is 2.17. The summed E-state index contributed by atoms with van der Waals surface area (Å²) in [4.78, 5) is 18.0. The number of aromatic amines is 1. The molecule has 0 amide bonds. The van der Waals surface area contributed by atoms with Crippen LogP contribution < -0.4 is 20.5 Å². The van der Waals surface area contributed by atoms with Crippen molar-refractivity contribution in [1.82, 2.24) is 9.97 Å². The molecule has 0 unspecified atom stereocenters. The molecule has 0 fully saturated rings. The second-order valence-electron chi connectivity index (χ2n) is 4.57. The normalized spacial score (nSPS) is 10.8. The number of hydrogen-bond donors (Lipinski definition) is 2. The number of H-pyrrole nitrogens is 1. The first-order valence-corrected chi connectivity index (χ1v) is 7.28. The molecule has 8 heteroatoms. The highest BCUT2D eigenvalue weighted by atomic mass is 35.5. The van der Waals surface area contributed by atoms with Gasteiger partial charge in [0, 0.05) is 11.8 Å². The summed E-state index contributed by atoms with van der Waals surface area (Å²) in [5, 5.41) is 4.45. The van der Waals surface area contributed by atoms with Crippen molar-refractivity contribution in [1.29, 1.82) is 0 Å². The maximum atomic E-state index is 11.3. The van der Waals surface area contributed by atoms with Crippen molar-refractivity contribution in [2.24, 2.45) is 5.10 Å². The van der Waals surface area contributed by atoms with Crippen LogP contribution in [0.5, 0.6) is 11.5 Å². The van der Waals surface area contributed by atoms with E-state index in [-0.39, 0.29) is 11.5 Å². The second-order valence-corrected chi connectivity index (χ2v) is 4.98. The lowest BCUT2D eigenvalue weighted by Gasteiger charge is -2.11.